The van der Waals surface area contributed by atoms with E-state index in [1.54, 1.807) is 47.8 Å². The van der Waals surface area contributed by atoms with Crippen molar-refractivity contribution in [2.24, 2.45) is 14.1 Å². The Balaban J connectivity index is 1.37. The number of aromatic nitrogens is 2. The Morgan fingerprint density at radius 1 is 0.750 bits per heavy atom. The molecule has 0 aliphatic heterocycles. The Labute approximate surface area is 234 Å². The van der Waals surface area contributed by atoms with Crippen LogP contribution in [0.5, 0.6) is 0 Å². The lowest BCUT2D eigenvalue weighted by Gasteiger charge is -2.09. The highest BCUT2D eigenvalue weighted by Crippen LogP contribution is 2.25. The zero-order chi connectivity index (χ0) is 28.8. The molecule has 0 unspecified atom stereocenters. The predicted molar refractivity (Wildman–Crippen MR) is 160 cm³/mol. The van der Waals surface area contributed by atoms with Gasteiger partial charge in [-0.15, -0.1) is 0 Å². The molecule has 0 spiro atoms. The van der Waals surface area contributed by atoms with Crippen LogP contribution >= 0.6 is 0 Å². The number of hydrogen-bond acceptors (Lipinski definition) is 4. The second kappa shape index (κ2) is 12.5. The van der Waals surface area contributed by atoms with Crippen molar-refractivity contribution in [3.63, 3.8) is 0 Å². The fraction of sp³-hybridized carbons (Fsp3) is 0.258. The summed E-state index contributed by atoms with van der Waals surface area (Å²) in [6, 6.07) is 19.1. The molecule has 0 bridgehead atoms. The fourth-order valence-corrected chi connectivity index (χ4v) is 4.52. The van der Waals surface area contributed by atoms with Crippen molar-refractivity contribution >= 4 is 34.8 Å². The van der Waals surface area contributed by atoms with E-state index in [2.05, 4.69) is 35.0 Å². The maximum atomic E-state index is 13.0. The van der Waals surface area contributed by atoms with E-state index in [4.69, 9.17) is 0 Å². The molecule has 0 aliphatic rings. The molecule has 3 N–H and O–H groups in total. The van der Waals surface area contributed by atoms with Crippen LogP contribution in [0.3, 0.4) is 0 Å². The van der Waals surface area contributed by atoms with Crippen LogP contribution in [0.2, 0.25) is 0 Å². The highest BCUT2D eigenvalue weighted by Gasteiger charge is 2.17. The molecule has 3 amide bonds. The molecule has 0 atom stereocenters. The molecular formula is C31H36N6O3. The average molecular weight is 541 g/mol. The van der Waals surface area contributed by atoms with Gasteiger partial charge in [0.15, 0.2) is 0 Å². The molecule has 4 aromatic rings. The zero-order valence-corrected chi connectivity index (χ0v) is 23.6. The lowest BCUT2D eigenvalue weighted by Crippen LogP contribution is -2.17. The van der Waals surface area contributed by atoms with Crippen LogP contribution in [-0.4, -0.2) is 52.4 Å². The van der Waals surface area contributed by atoms with Crippen LogP contribution in [0.25, 0.3) is 11.1 Å². The minimum absolute atomic E-state index is 0.0945. The molecule has 0 saturated heterocycles. The summed E-state index contributed by atoms with van der Waals surface area (Å²) in [5.74, 6) is -0.729. The van der Waals surface area contributed by atoms with Crippen LogP contribution in [0.1, 0.15) is 39.4 Å². The molecular weight excluding hydrogens is 504 g/mol. The van der Waals surface area contributed by atoms with Gasteiger partial charge in [0, 0.05) is 38.6 Å². The van der Waals surface area contributed by atoms with Crippen LogP contribution in [-0.2, 0) is 18.9 Å². The first-order valence-electron chi connectivity index (χ1n) is 13.2. The second-order valence-electron chi connectivity index (χ2n) is 10.2. The maximum absolute atomic E-state index is 13.0. The summed E-state index contributed by atoms with van der Waals surface area (Å²) in [7, 11) is 7.42. The van der Waals surface area contributed by atoms with E-state index >= 15 is 0 Å². The Hall–Kier alpha value is -4.63. The van der Waals surface area contributed by atoms with Gasteiger partial charge in [-0.25, -0.2) is 0 Å². The number of nitrogens with zero attached hydrogens (tertiary/aromatic N) is 3. The summed E-state index contributed by atoms with van der Waals surface area (Å²) in [4.78, 5) is 40.2. The Kier molecular flexibility index (Phi) is 8.86. The highest BCUT2D eigenvalue weighted by molar-refractivity contribution is 6.07. The molecule has 0 radical (unpaired) electrons. The topological polar surface area (TPSA) is 100 Å². The minimum atomic E-state index is -0.347. The first-order valence-corrected chi connectivity index (χ1v) is 13.2. The first-order chi connectivity index (χ1) is 19.1. The van der Waals surface area contributed by atoms with Gasteiger partial charge < -0.3 is 30.0 Å². The molecule has 0 fully saturated rings. The summed E-state index contributed by atoms with van der Waals surface area (Å²) >= 11 is 0. The largest absolute Gasteiger partial charge is 0.344 e. The molecule has 40 heavy (non-hydrogen) atoms. The molecule has 208 valence electrons. The summed E-state index contributed by atoms with van der Waals surface area (Å²) in [5, 5.41) is 8.61. The number of hydrogen-bond donors (Lipinski definition) is 3. The third kappa shape index (κ3) is 7.06. The van der Waals surface area contributed by atoms with Gasteiger partial charge in [-0.05, 0) is 74.9 Å². The number of carbonyl (C=O) groups excluding carboxylic acids is 3. The van der Waals surface area contributed by atoms with E-state index in [1.807, 2.05) is 55.4 Å². The molecule has 2 aromatic heterocycles. The first kappa shape index (κ1) is 28.4. The van der Waals surface area contributed by atoms with E-state index in [-0.39, 0.29) is 17.7 Å². The van der Waals surface area contributed by atoms with Gasteiger partial charge in [-0.2, -0.15) is 0 Å². The molecule has 9 heteroatoms. The Bertz CT molecular complexity index is 1510. The van der Waals surface area contributed by atoms with Gasteiger partial charge >= 0.3 is 0 Å². The lowest BCUT2D eigenvalue weighted by molar-refractivity contribution is -0.116. The number of rotatable bonds is 10. The van der Waals surface area contributed by atoms with E-state index in [1.165, 1.54) is 5.56 Å². The molecule has 4 rings (SSSR count). The van der Waals surface area contributed by atoms with E-state index in [0.29, 0.717) is 34.9 Å². The van der Waals surface area contributed by atoms with E-state index in [0.717, 1.165) is 24.1 Å². The molecule has 0 saturated carbocycles. The molecule has 2 heterocycles. The molecule has 0 aliphatic carbocycles. The van der Waals surface area contributed by atoms with Crippen molar-refractivity contribution in [3.05, 3.63) is 90.0 Å². The monoisotopic (exact) mass is 540 g/mol. The zero-order valence-electron chi connectivity index (χ0n) is 23.6. The van der Waals surface area contributed by atoms with Crippen molar-refractivity contribution < 1.29 is 14.4 Å². The van der Waals surface area contributed by atoms with E-state index in [9.17, 15) is 14.4 Å². The normalized spacial score (nSPS) is 10.9. The number of amides is 3. The summed E-state index contributed by atoms with van der Waals surface area (Å²) in [6.07, 6.45) is 4.54. The Morgan fingerprint density at radius 2 is 1.30 bits per heavy atom. The smallest absolute Gasteiger partial charge is 0.272 e. The minimum Gasteiger partial charge on any atom is -0.344 e. The van der Waals surface area contributed by atoms with Crippen molar-refractivity contribution in [1.82, 2.24) is 14.0 Å². The highest BCUT2D eigenvalue weighted by atomic mass is 16.2. The van der Waals surface area contributed by atoms with Gasteiger partial charge in [-0.3, -0.25) is 14.4 Å². The van der Waals surface area contributed by atoms with Gasteiger partial charge in [0.25, 0.3) is 11.8 Å². The number of aryl methyl sites for hydroxylation is 3. The fourth-order valence-electron chi connectivity index (χ4n) is 4.52. The quantitative estimate of drug-likeness (QED) is 0.260. The van der Waals surface area contributed by atoms with Gasteiger partial charge in [-0.1, -0.05) is 36.4 Å². The SMILES string of the molecule is Cc1ccccc1-c1ccc(NC(=O)c2cc(NC(=O)c3cc(NC(=O)CCCN(C)C)cn3C)cn2C)cc1. The van der Waals surface area contributed by atoms with Crippen LogP contribution < -0.4 is 16.0 Å². The van der Waals surface area contributed by atoms with Crippen molar-refractivity contribution in [2.75, 3.05) is 36.6 Å². The van der Waals surface area contributed by atoms with Crippen LogP contribution in [0, 0.1) is 6.92 Å². The number of carbonyl (C=O) groups is 3. The second-order valence-corrected chi connectivity index (χ2v) is 10.2. The average Bonchev–Trinajstić information content (AvgIpc) is 3.45. The van der Waals surface area contributed by atoms with E-state index < -0.39 is 0 Å². The Morgan fingerprint density at radius 3 is 1.88 bits per heavy atom. The van der Waals surface area contributed by atoms with Crippen molar-refractivity contribution in [2.45, 2.75) is 19.8 Å². The van der Waals surface area contributed by atoms with Crippen LogP contribution in [0.15, 0.2) is 73.1 Å². The number of benzene rings is 2. The summed E-state index contributed by atoms with van der Waals surface area (Å²) in [6.45, 7) is 2.90. The van der Waals surface area contributed by atoms with Gasteiger partial charge in [0.05, 0.1) is 11.4 Å². The summed E-state index contributed by atoms with van der Waals surface area (Å²) < 4.78 is 3.32. The molecule has 2 aromatic carbocycles. The van der Waals surface area contributed by atoms with Crippen molar-refractivity contribution in [3.8, 4) is 11.1 Å². The third-order valence-electron chi connectivity index (χ3n) is 6.62. The lowest BCUT2D eigenvalue weighted by atomic mass is 10.0. The number of nitrogens with one attached hydrogen (secondary N) is 3. The summed E-state index contributed by atoms with van der Waals surface area (Å²) in [5.41, 5.74) is 5.91. The van der Waals surface area contributed by atoms with Gasteiger partial charge in [0.2, 0.25) is 5.91 Å². The number of anilines is 3. The van der Waals surface area contributed by atoms with Gasteiger partial charge in [0.1, 0.15) is 11.4 Å². The standard InChI is InChI=1S/C31H36N6O3/c1-21-9-6-7-10-26(21)22-12-14-23(15-13-22)33-30(39)28-18-25(20-37(28)5)34-31(40)27-17-24(19-36(27)4)32-29(38)11-8-16-35(2)3/h6-7,9-10,12-15,17-20H,8,11,16H2,1-5H3,(H,32,38)(H,33,39)(H,34,40). The maximum Gasteiger partial charge on any atom is 0.272 e. The van der Waals surface area contributed by atoms with Crippen LogP contribution in [0.4, 0.5) is 17.1 Å². The van der Waals surface area contributed by atoms with Crippen molar-refractivity contribution in [1.29, 1.82) is 0 Å². The third-order valence-corrected chi connectivity index (χ3v) is 6.62. The molecule has 9 nitrogen and oxygen atoms in total. The predicted octanol–water partition coefficient (Wildman–Crippen LogP) is 5.12.